The lowest BCUT2D eigenvalue weighted by atomic mass is 9.94. The van der Waals surface area contributed by atoms with Crippen molar-refractivity contribution in [2.45, 2.75) is 51.7 Å². The summed E-state index contributed by atoms with van der Waals surface area (Å²) in [6, 6.07) is 2.78. The molecule has 1 atom stereocenters. The number of nitrogens with one attached hydrogen (secondary N) is 2. The highest BCUT2D eigenvalue weighted by molar-refractivity contribution is 5.80. The summed E-state index contributed by atoms with van der Waals surface area (Å²) in [6.45, 7) is 5.03. The summed E-state index contributed by atoms with van der Waals surface area (Å²) in [4.78, 5) is 4.34. The van der Waals surface area contributed by atoms with Gasteiger partial charge < -0.3 is 10.6 Å². The number of hydrogen-bond donors (Lipinski definition) is 2. The molecule has 0 saturated heterocycles. The molecule has 24 heavy (non-hydrogen) atoms. The second-order valence-corrected chi connectivity index (χ2v) is 6.63. The maximum Gasteiger partial charge on any atom is 0.191 e. The van der Waals surface area contributed by atoms with E-state index < -0.39 is 0 Å². The molecule has 130 valence electrons. The highest BCUT2D eigenvalue weighted by atomic mass is 15.3. The molecule has 7 nitrogen and oxygen atoms in total. The Labute approximate surface area is 143 Å². The third kappa shape index (κ3) is 3.60. The lowest BCUT2D eigenvalue weighted by Gasteiger charge is -2.24. The van der Waals surface area contributed by atoms with E-state index in [-0.39, 0.29) is 0 Å². The molecule has 0 fully saturated rings. The molecule has 7 heteroatoms. The van der Waals surface area contributed by atoms with Gasteiger partial charge in [0.1, 0.15) is 0 Å². The first kappa shape index (κ1) is 16.5. The van der Waals surface area contributed by atoms with Crippen molar-refractivity contribution < 1.29 is 0 Å². The molecule has 2 N–H and O–H groups in total. The second-order valence-electron chi connectivity index (χ2n) is 6.63. The molecule has 0 spiro atoms. The van der Waals surface area contributed by atoms with Crippen LogP contribution < -0.4 is 10.6 Å². The molecule has 2 aromatic heterocycles. The van der Waals surface area contributed by atoms with E-state index in [1.54, 1.807) is 13.2 Å². The molecule has 0 radical (unpaired) electrons. The number of aryl methyl sites for hydroxylation is 2. The molecule has 0 aliphatic heterocycles. The van der Waals surface area contributed by atoms with Gasteiger partial charge in [0.2, 0.25) is 0 Å². The average molecular weight is 329 g/mol. The molecule has 0 saturated carbocycles. The van der Waals surface area contributed by atoms with Crippen molar-refractivity contribution in [1.29, 1.82) is 0 Å². The van der Waals surface area contributed by atoms with E-state index >= 15 is 0 Å². The van der Waals surface area contributed by atoms with Gasteiger partial charge in [-0.2, -0.15) is 10.2 Å². The van der Waals surface area contributed by atoms with Crippen LogP contribution in [0.2, 0.25) is 0 Å². The topological polar surface area (TPSA) is 72.1 Å². The summed E-state index contributed by atoms with van der Waals surface area (Å²) in [5, 5.41) is 15.8. The van der Waals surface area contributed by atoms with Crippen LogP contribution >= 0.6 is 0 Å². The number of guanidine groups is 1. The van der Waals surface area contributed by atoms with Gasteiger partial charge >= 0.3 is 0 Å². The zero-order valence-corrected chi connectivity index (χ0v) is 15.0. The summed E-state index contributed by atoms with van der Waals surface area (Å²) < 4.78 is 3.94. The first-order valence-corrected chi connectivity index (χ1v) is 8.57. The first-order valence-electron chi connectivity index (χ1n) is 8.57. The normalized spacial score (nSPS) is 17.9. The summed E-state index contributed by atoms with van der Waals surface area (Å²) in [5.74, 6) is 0.827. The summed E-state index contributed by atoms with van der Waals surface area (Å²) in [6.07, 6.45) is 7.12. The molecular formula is C17H27N7. The number of rotatable bonds is 4. The molecule has 0 aromatic carbocycles. The Morgan fingerprint density at radius 3 is 2.96 bits per heavy atom. The van der Waals surface area contributed by atoms with Gasteiger partial charge in [0, 0.05) is 45.0 Å². The van der Waals surface area contributed by atoms with Crippen molar-refractivity contribution in [1.82, 2.24) is 30.2 Å². The summed E-state index contributed by atoms with van der Waals surface area (Å²) in [7, 11) is 3.75. The van der Waals surface area contributed by atoms with Gasteiger partial charge in [-0.25, -0.2) is 0 Å². The molecule has 2 aromatic rings. The largest absolute Gasteiger partial charge is 0.353 e. The molecule has 1 aliphatic carbocycles. The van der Waals surface area contributed by atoms with E-state index in [0.29, 0.717) is 18.6 Å². The standard InChI is InChI=1S/C17H27N7/c1-12(2)24-11-13-5-6-14(9-16(13)22-24)21-17(18-3)19-10-15-7-8-20-23(15)4/h7-8,11-12,14H,5-6,9-10H2,1-4H3,(H2,18,19,21). The molecule has 0 bridgehead atoms. The quantitative estimate of drug-likeness (QED) is 0.657. The van der Waals surface area contributed by atoms with E-state index in [0.717, 1.165) is 30.9 Å². The van der Waals surface area contributed by atoms with Crippen LogP contribution in [0.15, 0.2) is 23.5 Å². The lowest BCUT2D eigenvalue weighted by molar-refractivity contribution is 0.499. The van der Waals surface area contributed by atoms with Crippen molar-refractivity contribution in [3.8, 4) is 0 Å². The Balaban J connectivity index is 1.57. The maximum absolute atomic E-state index is 4.74. The smallest absolute Gasteiger partial charge is 0.191 e. The minimum atomic E-state index is 0.366. The maximum atomic E-state index is 4.74. The highest BCUT2D eigenvalue weighted by Crippen LogP contribution is 2.21. The van der Waals surface area contributed by atoms with Crippen molar-refractivity contribution in [3.05, 3.63) is 35.4 Å². The predicted molar refractivity (Wildman–Crippen MR) is 95.0 cm³/mol. The number of aliphatic imine (C=N–C) groups is 1. The number of fused-ring (bicyclic) bond motifs is 1. The Hall–Kier alpha value is -2.31. The number of nitrogens with zero attached hydrogens (tertiary/aromatic N) is 5. The fraction of sp³-hybridized carbons (Fsp3) is 0.588. The van der Waals surface area contributed by atoms with Crippen molar-refractivity contribution in [2.75, 3.05) is 7.05 Å². The summed E-state index contributed by atoms with van der Waals surface area (Å²) >= 11 is 0. The van der Waals surface area contributed by atoms with Crippen LogP contribution in [0, 0.1) is 0 Å². The second kappa shape index (κ2) is 7.07. The number of hydrogen-bond acceptors (Lipinski definition) is 3. The van der Waals surface area contributed by atoms with Crippen LogP contribution in [0.3, 0.4) is 0 Å². The zero-order valence-electron chi connectivity index (χ0n) is 15.0. The third-order valence-corrected chi connectivity index (χ3v) is 4.55. The molecular weight excluding hydrogens is 302 g/mol. The van der Waals surface area contributed by atoms with Crippen LogP contribution in [0.25, 0.3) is 0 Å². The highest BCUT2D eigenvalue weighted by Gasteiger charge is 2.23. The Bertz CT molecular complexity index is 710. The fourth-order valence-corrected chi connectivity index (χ4v) is 3.04. The van der Waals surface area contributed by atoms with Crippen LogP contribution in [-0.4, -0.2) is 38.6 Å². The van der Waals surface area contributed by atoms with Crippen molar-refractivity contribution in [3.63, 3.8) is 0 Å². The van der Waals surface area contributed by atoms with Crippen molar-refractivity contribution >= 4 is 5.96 Å². The molecule has 1 aliphatic rings. The first-order chi connectivity index (χ1) is 11.6. The molecule has 1 unspecified atom stereocenters. The Morgan fingerprint density at radius 2 is 2.29 bits per heavy atom. The lowest BCUT2D eigenvalue weighted by Crippen LogP contribution is -2.45. The SMILES string of the molecule is CN=C(NCc1ccnn1C)NC1CCc2cn(C(C)C)nc2C1. The van der Waals surface area contributed by atoms with Crippen molar-refractivity contribution in [2.24, 2.45) is 12.0 Å². The van der Waals surface area contributed by atoms with Gasteiger partial charge in [-0.1, -0.05) is 0 Å². The Kier molecular flexibility index (Phi) is 4.87. The minimum absolute atomic E-state index is 0.366. The monoisotopic (exact) mass is 329 g/mol. The summed E-state index contributed by atoms with van der Waals surface area (Å²) in [5.41, 5.74) is 3.73. The fourth-order valence-electron chi connectivity index (χ4n) is 3.04. The van der Waals surface area contributed by atoms with Crippen LogP contribution in [0.4, 0.5) is 0 Å². The van der Waals surface area contributed by atoms with Crippen LogP contribution in [0.1, 0.15) is 43.3 Å². The molecule has 2 heterocycles. The van der Waals surface area contributed by atoms with E-state index in [2.05, 4.69) is 45.5 Å². The van der Waals surface area contributed by atoms with Crippen LogP contribution in [-0.2, 0) is 26.4 Å². The zero-order chi connectivity index (χ0) is 17.1. The number of aromatic nitrogens is 4. The minimum Gasteiger partial charge on any atom is -0.353 e. The van der Waals surface area contributed by atoms with E-state index in [1.807, 2.05) is 17.8 Å². The molecule has 3 rings (SSSR count). The van der Waals surface area contributed by atoms with Gasteiger partial charge in [-0.15, -0.1) is 0 Å². The average Bonchev–Trinajstić information content (AvgIpc) is 3.17. The van der Waals surface area contributed by atoms with Gasteiger partial charge in [-0.05, 0) is 38.3 Å². The van der Waals surface area contributed by atoms with Crippen LogP contribution in [0.5, 0.6) is 0 Å². The van der Waals surface area contributed by atoms with Gasteiger partial charge in [0.05, 0.1) is 17.9 Å². The van der Waals surface area contributed by atoms with Gasteiger partial charge in [0.25, 0.3) is 0 Å². The third-order valence-electron chi connectivity index (χ3n) is 4.55. The van der Waals surface area contributed by atoms with E-state index in [9.17, 15) is 0 Å². The van der Waals surface area contributed by atoms with Gasteiger partial charge in [0.15, 0.2) is 5.96 Å². The molecule has 0 amide bonds. The van der Waals surface area contributed by atoms with Gasteiger partial charge in [-0.3, -0.25) is 14.4 Å². The Morgan fingerprint density at radius 1 is 1.46 bits per heavy atom. The van der Waals surface area contributed by atoms with E-state index in [4.69, 9.17) is 5.10 Å². The predicted octanol–water partition coefficient (Wildman–Crippen LogP) is 1.42. The van der Waals surface area contributed by atoms with E-state index in [1.165, 1.54) is 11.3 Å².